The summed E-state index contributed by atoms with van der Waals surface area (Å²) < 4.78 is 0. The topological polar surface area (TPSA) is 64.7 Å². The van der Waals surface area contributed by atoms with Gasteiger partial charge in [-0.1, -0.05) is 6.92 Å². The molecule has 7 heteroatoms. The highest BCUT2D eigenvalue weighted by Crippen LogP contribution is 2.20. The van der Waals surface area contributed by atoms with E-state index in [-0.39, 0.29) is 30.8 Å². The van der Waals surface area contributed by atoms with E-state index in [0.29, 0.717) is 25.2 Å². The quantitative estimate of drug-likeness (QED) is 0.730. The molecule has 2 rings (SSSR count). The second-order valence-electron chi connectivity index (χ2n) is 6.26. The molecule has 2 aliphatic rings. The average Bonchev–Trinajstić information content (AvgIpc) is 2.79. The first-order valence-corrected chi connectivity index (χ1v) is 8.07. The van der Waals surface area contributed by atoms with E-state index in [2.05, 4.69) is 15.5 Å². The van der Waals surface area contributed by atoms with Crippen LogP contribution in [0.5, 0.6) is 0 Å². The Balaban J connectivity index is 0.00000242. The number of carbonyl (C=O) groups is 2. The number of likely N-dealkylation sites (tertiary alicyclic amines) is 1. The minimum atomic E-state index is -0.0794. The molecular formula is C15H29ClN4O2. The van der Waals surface area contributed by atoms with E-state index < -0.39 is 0 Å². The molecule has 2 bridgehead atoms. The van der Waals surface area contributed by atoms with Crippen molar-refractivity contribution in [2.24, 2.45) is 0 Å². The van der Waals surface area contributed by atoms with Crippen molar-refractivity contribution in [3.63, 3.8) is 0 Å². The third kappa shape index (κ3) is 5.74. The maximum absolute atomic E-state index is 12.2. The molecule has 0 aromatic heterocycles. The van der Waals surface area contributed by atoms with Crippen LogP contribution < -0.4 is 10.6 Å². The maximum Gasteiger partial charge on any atom is 0.239 e. The van der Waals surface area contributed by atoms with Gasteiger partial charge >= 0.3 is 0 Å². The predicted molar refractivity (Wildman–Crippen MR) is 89.2 cm³/mol. The van der Waals surface area contributed by atoms with Gasteiger partial charge in [-0.05, 0) is 25.7 Å². The molecule has 2 saturated heterocycles. The number of carbonyl (C=O) groups excluding carboxylic acids is 2. The number of amides is 2. The fourth-order valence-corrected chi connectivity index (χ4v) is 3.09. The second-order valence-corrected chi connectivity index (χ2v) is 6.26. The molecule has 0 aliphatic carbocycles. The lowest BCUT2D eigenvalue weighted by Gasteiger charge is -2.26. The van der Waals surface area contributed by atoms with E-state index in [1.165, 1.54) is 17.7 Å². The minimum Gasteiger partial charge on any atom is -0.355 e. The van der Waals surface area contributed by atoms with Crippen molar-refractivity contribution in [2.75, 3.05) is 39.8 Å². The highest BCUT2D eigenvalue weighted by Gasteiger charge is 2.30. The number of hydrogen-bond donors (Lipinski definition) is 2. The van der Waals surface area contributed by atoms with Gasteiger partial charge in [0.05, 0.1) is 13.1 Å². The largest absolute Gasteiger partial charge is 0.355 e. The number of halogens is 1. The molecule has 0 aromatic rings. The van der Waals surface area contributed by atoms with E-state index in [9.17, 15) is 9.59 Å². The lowest BCUT2D eigenvalue weighted by Crippen LogP contribution is -2.45. The van der Waals surface area contributed by atoms with Crippen LogP contribution in [0.3, 0.4) is 0 Å². The number of likely N-dealkylation sites (N-methyl/N-ethyl adjacent to an activating group) is 1. The first-order chi connectivity index (χ1) is 10.1. The highest BCUT2D eigenvalue weighted by atomic mass is 35.5. The molecule has 2 N–H and O–H groups in total. The van der Waals surface area contributed by atoms with Gasteiger partial charge in [0.25, 0.3) is 0 Å². The molecule has 2 fully saturated rings. The Labute approximate surface area is 139 Å². The SMILES string of the molecule is CCCNC(=O)CN(C)C(=O)CN1CCC2CCC(C1)N2.Cl. The second kappa shape index (κ2) is 9.33. The van der Waals surface area contributed by atoms with Crippen LogP contribution in [-0.2, 0) is 9.59 Å². The maximum atomic E-state index is 12.2. The van der Waals surface area contributed by atoms with Gasteiger partial charge in [0.15, 0.2) is 0 Å². The molecule has 2 unspecified atom stereocenters. The lowest BCUT2D eigenvalue weighted by molar-refractivity contribution is -0.135. The van der Waals surface area contributed by atoms with Crippen molar-refractivity contribution in [1.29, 1.82) is 0 Å². The van der Waals surface area contributed by atoms with Gasteiger partial charge in [-0.25, -0.2) is 0 Å². The number of fused-ring (bicyclic) bond motifs is 2. The van der Waals surface area contributed by atoms with Crippen molar-refractivity contribution in [3.8, 4) is 0 Å². The zero-order chi connectivity index (χ0) is 15.2. The standard InChI is InChI=1S/C15H28N4O2.ClH/c1-3-7-16-14(20)10-18(2)15(21)11-19-8-6-12-4-5-13(9-19)17-12;/h12-13,17H,3-11H2,1-2H3,(H,16,20);1H. The number of nitrogens with one attached hydrogen (secondary N) is 2. The van der Waals surface area contributed by atoms with Crippen LogP contribution in [0.4, 0.5) is 0 Å². The molecule has 2 atom stereocenters. The molecule has 0 radical (unpaired) electrons. The number of nitrogens with zero attached hydrogens (tertiary/aromatic N) is 2. The van der Waals surface area contributed by atoms with E-state index in [4.69, 9.17) is 0 Å². The Hall–Kier alpha value is -0.850. The van der Waals surface area contributed by atoms with Crippen LogP contribution in [0, 0.1) is 0 Å². The molecule has 128 valence electrons. The van der Waals surface area contributed by atoms with Gasteiger partial charge in [0, 0.05) is 38.8 Å². The summed E-state index contributed by atoms with van der Waals surface area (Å²) in [5, 5.41) is 6.41. The number of rotatable bonds is 6. The zero-order valence-corrected chi connectivity index (χ0v) is 14.5. The molecule has 2 aliphatic heterocycles. The van der Waals surface area contributed by atoms with Crippen LogP contribution in [0.25, 0.3) is 0 Å². The summed E-state index contributed by atoms with van der Waals surface area (Å²) in [5.74, 6) is -0.0521. The van der Waals surface area contributed by atoms with E-state index >= 15 is 0 Å². The van der Waals surface area contributed by atoms with Gasteiger partial charge in [-0.3, -0.25) is 14.5 Å². The predicted octanol–water partition coefficient (Wildman–Crippen LogP) is 0.219. The third-order valence-electron chi connectivity index (χ3n) is 4.34. The smallest absolute Gasteiger partial charge is 0.239 e. The number of hydrogen-bond acceptors (Lipinski definition) is 4. The van der Waals surface area contributed by atoms with Gasteiger partial charge < -0.3 is 15.5 Å². The van der Waals surface area contributed by atoms with Crippen molar-refractivity contribution >= 4 is 24.2 Å². The molecule has 0 saturated carbocycles. The summed E-state index contributed by atoms with van der Waals surface area (Å²) in [6.07, 6.45) is 4.51. The molecule has 2 heterocycles. The van der Waals surface area contributed by atoms with Crippen molar-refractivity contribution < 1.29 is 9.59 Å². The van der Waals surface area contributed by atoms with Crippen LogP contribution in [0.15, 0.2) is 0 Å². The zero-order valence-electron chi connectivity index (χ0n) is 13.6. The monoisotopic (exact) mass is 332 g/mol. The summed E-state index contributed by atoms with van der Waals surface area (Å²) in [7, 11) is 1.70. The van der Waals surface area contributed by atoms with Crippen molar-refractivity contribution in [1.82, 2.24) is 20.4 Å². The molecule has 0 spiro atoms. The van der Waals surface area contributed by atoms with Crippen LogP contribution in [0.1, 0.15) is 32.6 Å². The van der Waals surface area contributed by atoms with Crippen molar-refractivity contribution in [2.45, 2.75) is 44.7 Å². The fourth-order valence-electron chi connectivity index (χ4n) is 3.09. The fraction of sp³-hybridized carbons (Fsp3) is 0.867. The Morgan fingerprint density at radius 2 is 2.00 bits per heavy atom. The summed E-state index contributed by atoms with van der Waals surface area (Å²) >= 11 is 0. The van der Waals surface area contributed by atoms with Crippen LogP contribution >= 0.6 is 12.4 Å². The lowest BCUT2D eigenvalue weighted by atomic mass is 10.1. The minimum absolute atomic E-state index is 0. The summed E-state index contributed by atoms with van der Waals surface area (Å²) in [5.41, 5.74) is 0. The normalized spacial score (nSPS) is 24.3. The first kappa shape index (κ1) is 19.2. The highest BCUT2D eigenvalue weighted by molar-refractivity contribution is 5.85. The summed E-state index contributed by atoms with van der Waals surface area (Å²) in [6, 6.07) is 1.16. The summed E-state index contributed by atoms with van der Waals surface area (Å²) in [4.78, 5) is 27.6. The van der Waals surface area contributed by atoms with Crippen LogP contribution in [-0.4, -0.2) is 73.5 Å². The molecule has 6 nitrogen and oxygen atoms in total. The molecular weight excluding hydrogens is 304 g/mol. The van der Waals surface area contributed by atoms with Gasteiger partial charge in [-0.2, -0.15) is 0 Å². The van der Waals surface area contributed by atoms with Crippen LogP contribution in [0.2, 0.25) is 0 Å². The van der Waals surface area contributed by atoms with Gasteiger partial charge in [-0.15, -0.1) is 12.4 Å². The molecule has 0 aromatic carbocycles. The first-order valence-electron chi connectivity index (χ1n) is 8.07. The van der Waals surface area contributed by atoms with Crippen molar-refractivity contribution in [3.05, 3.63) is 0 Å². The van der Waals surface area contributed by atoms with Gasteiger partial charge in [0.2, 0.25) is 11.8 Å². The Morgan fingerprint density at radius 1 is 1.27 bits per heavy atom. The molecule has 22 heavy (non-hydrogen) atoms. The van der Waals surface area contributed by atoms with E-state index in [0.717, 1.165) is 25.9 Å². The Kier molecular flexibility index (Phi) is 8.14. The van der Waals surface area contributed by atoms with Gasteiger partial charge in [0.1, 0.15) is 0 Å². The third-order valence-corrected chi connectivity index (χ3v) is 4.34. The molecule has 2 amide bonds. The van der Waals surface area contributed by atoms with E-state index in [1.54, 1.807) is 7.05 Å². The Bertz CT molecular complexity index is 381. The average molecular weight is 333 g/mol. The Morgan fingerprint density at radius 3 is 2.73 bits per heavy atom. The van der Waals surface area contributed by atoms with E-state index in [1.807, 2.05) is 6.92 Å². The summed E-state index contributed by atoms with van der Waals surface area (Å²) in [6.45, 7) is 5.16.